The van der Waals surface area contributed by atoms with Gasteiger partial charge in [-0.15, -0.1) is 0 Å². The molecule has 0 spiro atoms. The predicted molar refractivity (Wildman–Crippen MR) is 72.7 cm³/mol. The maximum atomic E-state index is 5.95. The van der Waals surface area contributed by atoms with Crippen molar-refractivity contribution >= 4 is 17.2 Å². The molecule has 1 saturated carbocycles. The minimum absolute atomic E-state index is 0.290. The molecule has 0 heterocycles. The van der Waals surface area contributed by atoms with Crippen molar-refractivity contribution in [3.63, 3.8) is 0 Å². The van der Waals surface area contributed by atoms with Crippen molar-refractivity contribution in [3.05, 3.63) is 35.4 Å². The fourth-order valence-electron chi connectivity index (χ4n) is 2.87. The monoisotopic (exact) mass is 233 g/mol. The third-order valence-electron chi connectivity index (χ3n) is 3.70. The zero-order valence-corrected chi connectivity index (χ0v) is 10.6. The Balaban J connectivity index is 2.32. The molecule has 2 rings (SSSR count). The molecule has 0 saturated heterocycles. The van der Waals surface area contributed by atoms with Gasteiger partial charge in [0.15, 0.2) is 0 Å². The van der Waals surface area contributed by atoms with E-state index < -0.39 is 0 Å². The average Bonchev–Trinajstić information content (AvgIpc) is 2.74. The average molecular weight is 233 g/mol. The summed E-state index contributed by atoms with van der Waals surface area (Å²) in [5, 5.41) is 0. The van der Waals surface area contributed by atoms with Gasteiger partial charge in [0.1, 0.15) is 0 Å². The van der Waals surface area contributed by atoms with Crippen LogP contribution in [0.2, 0.25) is 0 Å². The van der Waals surface area contributed by atoms with Crippen molar-refractivity contribution < 1.29 is 0 Å². The number of nitrogens with two attached hydrogens (primary N) is 1. The van der Waals surface area contributed by atoms with Gasteiger partial charge in [-0.2, -0.15) is 0 Å². The molecule has 1 fully saturated rings. The summed E-state index contributed by atoms with van der Waals surface area (Å²) in [7, 11) is 0. The van der Waals surface area contributed by atoms with Crippen LogP contribution < -0.4 is 5.73 Å². The van der Waals surface area contributed by atoms with Gasteiger partial charge in [-0.05, 0) is 36.8 Å². The highest BCUT2D eigenvalue weighted by Gasteiger charge is 2.29. The smallest absolute Gasteiger partial charge is 0.0806 e. The number of hydrogen-bond donors (Lipinski definition) is 1. The molecule has 0 radical (unpaired) electrons. The van der Waals surface area contributed by atoms with Gasteiger partial charge in [-0.3, -0.25) is 0 Å². The maximum absolute atomic E-state index is 5.95. The summed E-state index contributed by atoms with van der Waals surface area (Å²) in [5.74, 6) is 0.956. The van der Waals surface area contributed by atoms with E-state index in [0.717, 1.165) is 0 Å². The van der Waals surface area contributed by atoms with Crippen molar-refractivity contribution in [1.82, 2.24) is 0 Å². The number of thiocarbonyl (C=S) groups is 1. The van der Waals surface area contributed by atoms with Gasteiger partial charge in [-0.25, -0.2) is 0 Å². The van der Waals surface area contributed by atoms with Gasteiger partial charge >= 0.3 is 0 Å². The lowest BCUT2D eigenvalue weighted by Crippen LogP contribution is -2.25. The highest BCUT2D eigenvalue weighted by molar-refractivity contribution is 7.80. The van der Waals surface area contributed by atoms with Crippen LogP contribution in [0, 0.1) is 12.8 Å². The number of benzene rings is 1. The van der Waals surface area contributed by atoms with E-state index in [1.807, 2.05) is 0 Å². The van der Waals surface area contributed by atoms with E-state index in [-0.39, 0.29) is 0 Å². The van der Waals surface area contributed by atoms with Crippen LogP contribution in [0.25, 0.3) is 0 Å². The lowest BCUT2D eigenvalue weighted by molar-refractivity contribution is 0.513. The molecule has 0 aliphatic heterocycles. The SMILES string of the molecule is Cc1ccccc1C(C(N)=S)C1CCCC1. The van der Waals surface area contributed by atoms with E-state index in [2.05, 4.69) is 31.2 Å². The second kappa shape index (κ2) is 4.96. The quantitative estimate of drug-likeness (QED) is 0.808. The number of aryl methyl sites for hydroxylation is 1. The van der Waals surface area contributed by atoms with Gasteiger partial charge in [0.05, 0.1) is 4.99 Å². The van der Waals surface area contributed by atoms with E-state index in [9.17, 15) is 0 Å². The second-order valence-corrected chi connectivity index (χ2v) is 5.25. The highest BCUT2D eigenvalue weighted by atomic mass is 32.1. The zero-order chi connectivity index (χ0) is 11.5. The molecular weight excluding hydrogens is 214 g/mol. The van der Waals surface area contributed by atoms with E-state index >= 15 is 0 Å². The highest BCUT2D eigenvalue weighted by Crippen LogP contribution is 2.38. The Labute approximate surface area is 103 Å². The molecule has 2 heteroatoms. The van der Waals surface area contributed by atoms with Crippen molar-refractivity contribution in [2.45, 2.75) is 38.5 Å². The van der Waals surface area contributed by atoms with Crippen molar-refractivity contribution in [2.75, 3.05) is 0 Å². The molecule has 1 nitrogen and oxygen atoms in total. The van der Waals surface area contributed by atoms with Crippen LogP contribution in [0.15, 0.2) is 24.3 Å². The molecule has 2 N–H and O–H groups in total. The first-order chi connectivity index (χ1) is 7.70. The molecule has 86 valence electrons. The Morgan fingerprint density at radius 2 is 1.94 bits per heavy atom. The van der Waals surface area contributed by atoms with Gasteiger partial charge in [0.25, 0.3) is 0 Å². The van der Waals surface area contributed by atoms with Crippen molar-refractivity contribution in [3.8, 4) is 0 Å². The molecule has 1 aliphatic carbocycles. The third kappa shape index (κ3) is 2.27. The second-order valence-electron chi connectivity index (χ2n) is 4.78. The summed E-state index contributed by atoms with van der Waals surface area (Å²) < 4.78 is 0. The Hall–Kier alpha value is -0.890. The summed E-state index contributed by atoms with van der Waals surface area (Å²) in [5.41, 5.74) is 8.60. The van der Waals surface area contributed by atoms with Crippen molar-refractivity contribution in [2.24, 2.45) is 11.7 Å². The molecule has 16 heavy (non-hydrogen) atoms. The lowest BCUT2D eigenvalue weighted by Gasteiger charge is -2.24. The van der Waals surface area contributed by atoms with Crippen LogP contribution >= 0.6 is 12.2 Å². The largest absolute Gasteiger partial charge is 0.393 e. The van der Waals surface area contributed by atoms with Crippen LogP contribution in [-0.4, -0.2) is 4.99 Å². The Bertz CT molecular complexity index is 380. The van der Waals surface area contributed by atoms with Gasteiger partial charge in [-0.1, -0.05) is 49.3 Å². The summed E-state index contributed by atoms with van der Waals surface area (Å²) in [4.78, 5) is 0.668. The molecule has 1 unspecified atom stereocenters. The summed E-state index contributed by atoms with van der Waals surface area (Å²) in [6, 6.07) is 8.49. The first-order valence-corrected chi connectivity index (χ1v) is 6.46. The molecule has 1 aromatic rings. The van der Waals surface area contributed by atoms with Gasteiger partial charge < -0.3 is 5.73 Å². The molecule has 0 aromatic heterocycles. The fourth-order valence-corrected chi connectivity index (χ4v) is 3.19. The fraction of sp³-hybridized carbons (Fsp3) is 0.500. The van der Waals surface area contributed by atoms with E-state index in [0.29, 0.717) is 16.8 Å². The first-order valence-electron chi connectivity index (χ1n) is 6.05. The van der Waals surface area contributed by atoms with Gasteiger partial charge in [0, 0.05) is 5.92 Å². The normalized spacial score (nSPS) is 18.6. The first kappa shape index (κ1) is 11.6. The van der Waals surface area contributed by atoms with Gasteiger partial charge in [0.2, 0.25) is 0 Å². The topological polar surface area (TPSA) is 26.0 Å². The predicted octanol–water partition coefficient (Wildman–Crippen LogP) is 3.55. The Morgan fingerprint density at radius 1 is 1.31 bits per heavy atom. The molecule has 1 aliphatic rings. The number of hydrogen-bond acceptors (Lipinski definition) is 1. The standard InChI is InChI=1S/C14H19NS/c1-10-6-2-5-9-12(10)13(14(15)16)11-7-3-4-8-11/h2,5-6,9,11,13H,3-4,7-8H2,1H3,(H2,15,16). The minimum atomic E-state index is 0.290. The Morgan fingerprint density at radius 3 is 2.50 bits per heavy atom. The Kier molecular flexibility index (Phi) is 3.59. The van der Waals surface area contributed by atoms with Crippen LogP contribution in [0.5, 0.6) is 0 Å². The maximum Gasteiger partial charge on any atom is 0.0806 e. The minimum Gasteiger partial charge on any atom is -0.393 e. The van der Waals surface area contributed by atoms with E-state index in [4.69, 9.17) is 18.0 Å². The zero-order valence-electron chi connectivity index (χ0n) is 9.78. The third-order valence-corrected chi connectivity index (χ3v) is 3.96. The molecular formula is C14H19NS. The molecule has 0 amide bonds. The lowest BCUT2D eigenvalue weighted by atomic mass is 9.83. The summed E-state index contributed by atoms with van der Waals surface area (Å²) in [6.07, 6.45) is 5.21. The van der Waals surface area contributed by atoms with Crippen LogP contribution in [0.3, 0.4) is 0 Å². The van der Waals surface area contributed by atoms with E-state index in [1.165, 1.54) is 36.8 Å². The molecule has 0 bridgehead atoms. The van der Waals surface area contributed by atoms with E-state index in [1.54, 1.807) is 0 Å². The summed E-state index contributed by atoms with van der Waals surface area (Å²) in [6.45, 7) is 2.15. The molecule has 1 aromatic carbocycles. The van der Waals surface area contributed by atoms with Crippen LogP contribution in [0.1, 0.15) is 42.7 Å². The van der Waals surface area contributed by atoms with Crippen LogP contribution in [0.4, 0.5) is 0 Å². The summed E-state index contributed by atoms with van der Waals surface area (Å²) >= 11 is 5.27. The molecule has 1 atom stereocenters. The van der Waals surface area contributed by atoms with Crippen molar-refractivity contribution in [1.29, 1.82) is 0 Å². The van der Waals surface area contributed by atoms with Crippen LogP contribution in [-0.2, 0) is 0 Å². The number of rotatable bonds is 3.